The Morgan fingerprint density at radius 1 is 1.36 bits per heavy atom. The van der Waals surface area contributed by atoms with E-state index in [1.54, 1.807) is 13.4 Å². The zero-order valence-corrected chi connectivity index (χ0v) is 12.4. The molecule has 3 rings (SSSR count). The molecular formula is C15H16N6O. The molecule has 0 unspecified atom stereocenters. The van der Waals surface area contributed by atoms with Crippen molar-refractivity contribution in [2.24, 2.45) is 10.7 Å². The normalized spacial score (nSPS) is 12.0. The fourth-order valence-electron chi connectivity index (χ4n) is 2.26. The van der Waals surface area contributed by atoms with Crippen LogP contribution in [0.3, 0.4) is 0 Å². The van der Waals surface area contributed by atoms with Gasteiger partial charge >= 0.3 is 5.69 Å². The summed E-state index contributed by atoms with van der Waals surface area (Å²) in [5.74, 6) is 0.191. The molecule has 0 fully saturated rings. The van der Waals surface area contributed by atoms with Crippen LogP contribution < -0.4 is 11.4 Å². The molecule has 0 radical (unpaired) electrons. The number of nitrogens with two attached hydrogens (primary N) is 1. The maximum atomic E-state index is 11.8. The van der Waals surface area contributed by atoms with Gasteiger partial charge in [-0.3, -0.25) is 9.98 Å². The molecule has 2 heterocycles. The van der Waals surface area contributed by atoms with Crippen LogP contribution in [-0.4, -0.2) is 32.4 Å². The van der Waals surface area contributed by atoms with E-state index in [2.05, 4.69) is 19.9 Å². The Labute approximate surface area is 126 Å². The SMILES string of the molecule is C/N=C(\N)c1nc(=O)[nH]c2c1ncn2Cc1ccc(C)cc1. The number of amidine groups is 1. The van der Waals surface area contributed by atoms with Crippen molar-refractivity contribution >= 4 is 17.0 Å². The number of benzene rings is 1. The number of nitrogens with zero attached hydrogens (tertiary/aromatic N) is 4. The molecule has 112 valence electrons. The predicted molar refractivity (Wildman–Crippen MR) is 85.1 cm³/mol. The minimum absolute atomic E-state index is 0.191. The van der Waals surface area contributed by atoms with Crippen LogP contribution in [0.1, 0.15) is 16.8 Å². The number of nitrogens with one attached hydrogen (secondary N) is 1. The van der Waals surface area contributed by atoms with Crippen molar-refractivity contribution in [2.45, 2.75) is 13.5 Å². The monoisotopic (exact) mass is 296 g/mol. The summed E-state index contributed by atoms with van der Waals surface area (Å²) in [5, 5.41) is 0. The number of hydrogen-bond acceptors (Lipinski definition) is 4. The van der Waals surface area contributed by atoms with Crippen LogP contribution in [0.25, 0.3) is 11.2 Å². The molecule has 0 aliphatic heterocycles. The molecule has 0 spiro atoms. The molecule has 0 saturated carbocycles. The lowest BCUT2D eigenvalue weighted by atomic mass is 10.1. The Morgan fingerprint density at radius 2 is 2.09 bits per heavy atom. The summed E-state index contributed by atoms with van der Waals surface area (Å²) in [4.78, 5) is 26.5. The molecule has 22 heavy (non-hydrogen) atoms. The Morgan fingerprint density at radius 3 is 2.77 bits per heavy atom. The molecule has 0 atom stereocenters. The third kappa shape index (κ3) is 2.48. The Bertz CT molecular complexity index is 904. The number of aliphatic imine (C=N–C) groups is 1. The number of aromatic nitrogens is 4. The average Bonchev–Trinajstić information content (AvgIpc) is 2.91. The van der Waals surface area contributed by atoms with Crippen LogP contribution in [0.15, 0.2) is 40.4 Å². The lowest BCUT2D eigenvalue weighted by molar-refractivity contribution is 0.810. The number of H-pyrrole nitrogens is 1. The van der Waals surface area contributed by atoms with Gasteiger partial charge in [-0.1, -0.05) is 29.8 Å². The average molecular weight is 296 g/mol. The molecule has 2 aromatic heterocycles. The first-order valence-electron chi connectivity index (χ1n) is 6.82. The molecule has 3 N–H and O–H groups in total. The molecule has 0 bridgehead atoms. The van der Waals surface area contributed by atoms with Gasteiger partial charge in [-0.15, -0.1) is 0 Å². The van der Waals surface area contributed by atoms with Crippen molar-refractivity contribution < 1.29 is 0 Å². The second-order valence-corrected chi connectivity index (χ2v) is 5.05. The van der Waals surface area contributed by atoms with Crippen LogP contribution in [0.4, 0.5) is 0 Å². The Balaban J connectivity index is 2.10. The molecule has 3 aromatic rings. The van der Waals surface area contributed by atoms with Crippen LogP contribution >= 0.6 is 0 Å². The fourth-order valence-corrected chi connectivity index (χ4v) is 2.26. The van der Waals surface area contributed by atoms with Gasteiger partial charge in [0, 0.05) is 7.05 Å². The first-order valence-corrected chi connectivity index (χ1v) is 6.82. The molecule has 1 aromatic carbocycles. The Hall–Kier alpha value is -2.96. The van der Waals surface area contributed by atoms with Gasteiger partial charge in [-0.2, -0.15) is 4.98 Å². The van der Waals surface area contributed by atoms with E-state index >= 15 is 0 Å². The quantitative estimate of drug-likeness (QED) is 0.551. The molecular weight excluding hydrogens is 280 g/mol. The summed E-state index contributed by atoms with van der Waals surface area (Å²) in [7, 11) is 1.55. The van der Waals surface area contributed by atoms with Gasteiger partial charge in [0.2, 0.25) is 0 Å². The standard InChI is InChI=1S/C15H16N6O/c1-9-3-5-10(6-4-9)7-21-8-18-12-11(13(16)17-2)19-15(22)20-14(12)21/h3-6,8H,7H2,1-2H3,(H2,16,17)(H,19,20,22). The molecule has 0 saturated heterocycles. The van der Waals surface area contributed by atoms with E-state index in [1.165, 1.54) is 5.56 Å². The first-order chi connectivity index (χ1) is 10.6. The highest BCUT2D eigenvalue weighted by atomic mass is 16.1. The van der Waals surface area contributed by atoms with E-state index in [1.807, 2.05) is 35.8 Å². The summed E-state index contributed by atoms with van der Waals surface area (Å²) in [6.45, 7) is 2.64. The second-order valence-electron chi connectivity index (χ2n) is 5.05. The van der Waals surface area contributed by atoms with Gasteiger partial charge in [0.1, 0.15) is 22.7 Å². The highest BCUT2D eigenvalue weighted by Gasteiger charge is 2.13. The fraction of sp³-hybridized carbons (Fsp3) is 0.200. The topological polar surface area (TPSA) is 102 Å². The van der Waals surface area contributed by atoms with Crippen molar-refractivity contribution in [1.29, 1.82) is 0 Å². The molecule has 0 aliphatic carbocycles. The third-order valence-corrected chi connectivity index (χ3v) is 3.46. The number of fused-ring (bicyclic) bond motifs is 1. The zero-order chi connectivity index (χ0) is 15.7. The number of aryl methyl sites for hydroxylation is 1. The summed E-state index contributed by atoms with van der Waals surface area (Å²) < 4.78 is 1.86. The van der Waals surface area contributed by atoms with Crippen molar-refractivity contribution in [3.8, 4) is 0 Å². The van der Waals surface area contributed by atoms with Gasteiger partial charge in [-0.05, 0) is 12.5 Å². The zero-order valence-electron chi connectivity index (χ0n) is 12.4. The molecule has 7 heteroatoms. The van der Waals surface area contributed by atoms with Crippen LogP contribution in [-0.2, 0) is 6.54 Å². The second kappa shape index (κ2) is 5.44. The summed E-state index contributed by atoms with van der Waals surface area (Å²) in [6.07, 6.45) is 1.66. The van der Waals surface area contributed by atoms with Gasteiger partial charge in [0.15, 0.2) is 0 Å². The highest BCUT2D eigenvalue weighted by Crippen LogP contribution is 2.14. The Kier molecular flexibility index (Phi) is 3.46. The number of imidazole rings is 1. The van der Waals surface area contributed by atoms with Crippen LogP contribution in [0.2, 0.25) is 0 Å². The highest BCUT2D eigenvalue weighted by molar-refractivity contribution is 6.04. The van der Waals surface area contributed by atoms with Gasteiger partial charge in [0.25, 0.3) is 0 Å². The predicted octanol–water partition coefficient (Wildman–Crippen LogP) is 0.811. The maximum Gasteiger partial charge on any atom is 0.347 e. The first kappa shape index (κ1) is 14.0. The van der Waals surface area contributed by atoms with Crippen LogP contribution in [0, 0.1) is 6.92 Å². The van der Waals surface area contributed by atoms with Crippen molar-refractivity contribution in [2.75, 3.05) is 7.05 Å². The minimum atomic E-state index is -0.472. The van der Waals surface area contributed by atoms with Crippen molar-refractivity contribution in [1.82, 2.24) is 19.5 Å². The van der Waals surface area contributed by atoms with E-state index in [-0.39, 0.29) is 5.84 Å². The largest absolute Gasteiger partial charge is 0.382 e. The van der Waals surface area contributed by atoms with E-state index in [9.17, 15) is 4.79 Å². The summed E-state index contributed by atoms with van der Waals surface area (Å²) in [5.41, 5.74) is 9.06. The van der Waals surface area contributed by atoms with Crippen molar-refractivity contribution in [3.05, 3.63) is 57.9 Å². The third-order valence-electron chi connectivity index (χ3n) is 3.46. The lowest BCUT2D eigenvalue weighted by Crippen LogP contribution is -2.22. The van der Waals surface area contributed by atoms with E-state index in [0.717, 1.165) is 5.56 Å². The summed E-state index contributed by atoms with van der Waals surface area (Å²) >= 11 is 0. The molecule has 0 amide bonds. The van der Waals surface area contributed by atoms with Gasteiger partial charge in [0.05, 0.1) is 12.9 Å². The number of rotatable bonds is 3. The molecule has 7 nitrogen and oxygen atoms in total. The maximum absolute atomic E-state index is 11.8. The number of aromatic amines is 1. The van der Waals surface area contributed by atoms with E-state index in [0.29, 0.717) is 23.4 Å². The lowest BCUT2D eigenvalue weighted by Gasteiger charge is -2.05. The number of hydrogen-bond donors (Lipinski definition) is 2. The summed E-state index contributed by atoms with van der Waals surface area (Å²) in [6, 6.07) is 8.18. The van der Waals surface area contributed by atoms with Crippen LogP contribution in [0.5, 0.6) is 0 Å². The van der Waals surface area contributed by atoms with Gasteiger partial charge in [-0.25, -0.2) is 9.78 Å². The van der Waals surface area contributed by atoms with E-state index in [4.69, 9.17) is 5.73 Å². The van der Waals surface area contributed by atoms with E-state index < -0.39 is 5.69 Å². The van der Waals surface area contributed by atoms with Crippen molar-refractivity contribution in [3.63, 3.8) is 0 Å². The minimum Gasteiger partial charge on any atom is -0.382 e. The molecule has 0 aliphatic rings. The van der Waals surface area contributed by atoms with Gasteiger partial charge < -0.3 is 10.3 Å². The smallest absolute Gasteiger partial charge is 0.347 e.